The van der Waals surface area contributed by atoms with E-state index >= 15 is 0 Å². The van der Waals surface area contributed by atoms with Gasteiger partial charge >= 0.3 is 0 Å². The van der Waals surface area contributed by atoms with Gasteiger partial charge < -0.3 is 14.8 Å². The van der Waals surface area contributed by atoms with E-state index < -0.39 is 5.91 Å². The van der Waals surface area contributed by atoms with Crippen LogP contribution in [0.5, 0.6) is 11.5 Å². The molecule has 0 aliphatic rings. The van der Waals surface area contributed by atoms with E-state index in [-0.39, 0.29) is 12.2 Å². The summed E-state index contributed by atoms with van der Waals surface area (Å²) in [5.74, 6) is 0.578. The Morgan fingerprint density at radius 3 is 2.58 bits per heavy atom. The van der Waals surface area contributed by atoms with E-state index in [1.807, 2.05) is 68.4 Å². The quantitative estimate of drug-likeness (QED) is 0.194. The topological polar surface area (TPSA) is 71.3 Å². The molecule has 0 bridgehead atoms. The minimum Gasteiger partial charge on any atom is -0.493 e. The number of hydrogen-bond acceptors (Lipinski definition) is 4. The fraction of sp³-hybridized carbons (Fsp3) is 0.154. The number of methoxy groups -OCH3 is 1. The molecule has 0 aliphatic heterocycles. The summed E-state index contributed by atoms with van der Waals surface area (Å²) < 4.78 is 12.3. The summed E-state index contributed by atoms with van der Waals surface area (Å²) in [5.41, 5.74) is 4.31. The zero-order chi connectivity index (χ0) is 24.0. The van der Waals surface area contributed by atoms with E-state index in [2.05, 4.69) is 27.9 Å². The number of anilines is 1. The van der Waals surface area contributed by atoms with Crippen LogP contribution in [0, 0.1) is 28.7 Å². The Labute approximate surface area is 212 Å². The minimum absolute atomic E-state index is 0.0178. The summed E-state index contributed by atoms with van der Waals surface area (Å²) in [4.78, 5) is 12.7. The number of hydrogen-bond donors (Lipinski definition) is 1. The number of carbonyl (C=O) groups is 1. The average molecular weight is 573 g/mol. The standard InChI is InChI=1S/C26H22ClIN2O3/c1-16-8-9-21(10-17(16)2)30-26(31)20(14-29)11-18-12-23(28)25(24(13-18)32-3)33-15-19-6-4-5-7-22(19)27/h4-13H,15H2,1-3H3,(H,30,31)/b20-11+. The van der Waals surface area contributed by atoms with E-state index in [1.165, 1.54) is 6.08 Å². The zero-order valence-electron chi connectivity index (χ0n) is 18.4. The van der Waals surface area contributed by atoms with Crippen molar-refractivity contribution in [3.63, 3.8) is 0 Å². The lowest BCUT2D eigenvalue weighted by Crippen LogP contribution is -2.13. The third kappa shape index (κ3) is 6.28. The number of nitrogens with one attached hydrogen (secondary N) is 1. The number of amides is 1. The van der Waals surface area contributed by atoms with E-state index in [4.69, 9.17) is 21.1 Å². The molecule has 0 saturated carbocycles. The fourth-order valence-corrected chi connectivity index (χ4v) is 4.03. The van der Waals surface area contributed by atoms with Gasteiger partial charge in [-0.15, -0.1) is 0 Å². The molecule has 0 heterocycles. The first-order chi connectivity index (χ1) is 15.8. The Hall–Kier alpha value is -3.02. The molecule has 0 saturated heterocycles. The molecule has 0 aliphatic carbocycles. The van der Waals surface area contributed by atoms with Gasteiger partial charge in [0.15, 0.2) is 11.5 Å². The number of carbonyl (C=O) groups excluding carboxylic acids is 1. The van der Waals surface area contributed by atoms with Crippen molar-refractivity contribution in [1.82, 2.24) is 0 Å². The van der Waals surface area contributed by atoms with Crippen molar-refractivity contribution in [2.75, 3.05) is 12.4 Å². The normalized spacial score (nSPS) is 11.0. The van der Waals surface area contributed by atoms with E-state index in [0.29, 0.717) is 27.8 Å². The van der Waals surface area contributed by atoms with Crippen molar-refractivity contribution in [2.24, 2.45) is 0 Å². The maximum Gasteiger partial charge on any atom is 0.266 e. The average Bonchev–Trinajstić information content (AvgIpc) is 2.79. The molecule has 0 unspecified atom stereocenters. The first-order valence-electron chi connectivity index (χ1n) is 10.1. The maximum absolute atomic E-state index is 12.7. The lowest BCUT2D eigenvalue weighted by atomic mass is 10.1. The molecule has 0 atom stereocenters. The summed E-state index contributed by atoms with van der Waals surface area (Å²) in [6.45, 7) is 4.25. The van der Waals surface area contributed by atoms with Gasteiger partial charge in [0.1, 0.15) is 18.2 Å². The van der Waals surface area contributed by atoms with Gasteiger partial charge in [0.25, 0.3) is 5.91 Å². The second kappa shape index (κ2) is 11.2. The third-order valence-electron chi connectivity index (χ3n) is 5.02. The molecular weight excluding hydrogens is 551 g/mol. The van der Waals surface area contributed by atoms with E-state index in [1.54, 1.807) is 13.2 Å². The molecule has 168 valence electrons. The second-order valence-electron chi connectivity index (χ2n) is 7.34. The largest absolute Gasteiger partial charge is 0.493 e. The lowest BCUT2D eigenvalue weighted by molar-refractivity contribution is -0.112. The number of halogens is 2. The van der Waals surface area contributed by atoms with Crippen LogP contribution >= 0.6 is 34.2 Å². The van der Waals surface area contributed by atoms with Crippen LogP contribution in [0.4, 0.5) is 5.69 Å². The van der Waals surface area contributed by atoms with Gasteiger partial charge in [-0.05, 0) is 89.5 Å². The summed E-state index contributed by atoms with van der Waals surface area (Å²) >= 11 is 8.35. The van der Waals surface area contributed by atoms with Crippen LogP contribution in [0.25, 0.3) is 6.08 Å². The highest BCUT2D eigenvalue weighted by molar-refractivity contribution is 14.1. The first-order valence-corrected chi connectivity index (χ1v) is 11.5. The molecule has 0 radical (unpaired) electrons. The van der Waals surface area contributed by atoms with Gasteiger partial charge in [0, 0.05) is 16.3 Å². The van der Waals surface area contributed by atoms with Crippen LogP contribution < -0.4 is 14.8 Å². The predicted molar refractivity (Wildman–Crippen MR) is 140 cm³/mol. The van der Waals surface area contributed by atoms with Gasteiger partial charge in [0.2, 0.25) is 0 Å². The molecule has 0 fully saturated rings. The Morgan fingerprint density at radius 1 is 1.15 bits per heavy atom. The Morgan fingerprint density at radius 2 is 1.91 bits per heavy atom. The maximum atomic E-state index is 12.7. The summed E-state index contributed by atoms with van der Waals surface area (Å²) in [5, 5.41) is 13.0. The number of rotatable bonds is 7. The van der Waals surface area contributed by atoms with Gasteiger partial charge in [-0.2, -0.15) is 5.26 Å². The van der Waals surface area contributed by atoms with E-state index in [0.717, 1.165) is 20.3 Å². The Balaban J connectivity index is 1.83. The summed E-state index contributed by atoms with van der Waals surface area (Å²) in [6.07, 6.45) is 1.53. The lowest BCUT2D eigenvalue weighted by Gasteiger charge is -2.14. The predicted octanol–water partition coefficient (Wildman–Crippen LogP) is 6.69. The van der Waals surface area contributed by atoms with Crippen molar-refractivity contribution in [3.8, 4) is 17.6 Å². The molecule has 3 aromatic rings. The molecule has 3 rings (SSSR count). The van der Waals surface area contributed by atoms with Gasteiger partial charge in [0.05, 0.1) is 10.7 Å². The highest BCUT2D eigenvalue weighted by atomic mass is 127. The molecule has 1 N–H and O–H groups in total. The van der Waals surface area contributed by atoms with Crippen molar-refractivity contribution < 1.29 is 14.3 Å². The summed E-state index contributed by atoms with van der Waals surface area (Å²) in [7, 11) is 1.54. The Bertz CT molecular complexity index is 1260. The SMILES string of the molecule is COc1cc(/C=C(\C#N)C(=O)Nc2ccc(C)c(C)c2)cc(I)c1OCc1ccccc1Cl. The van der Waals surface area contributed by atoms with Crippen LogP contribution in [0.15, 0.2) is 60.2 Å². The van der Waals surface area contributed by atoms with Crippen molar-refractivity contribution in [1.29, 1.82) is 5.26 Å². The van der Waals surface area contributed by atoms with Crippen LogP contribution in [0.3, 0.4) is 0 Å². The fourth-order valence-electron chi connectivity index (χ4n) is 3.06. The van der Waals surface area contributed by atoms with Crippen molar-refractivity contribution in [2.45, 2.75) is 20.5 Å². The van der Waals surface area contributed by atoms with Gasteiger partial charge in [-0.3, -0.25) is 4.79 Å². The first kappa shape index (κ1) is 24.6. The monoisotopic (exact) mass is 572 g/mol. The molecule has 0 aromatic heterocycles. The number of ether oxygens (including phenoxy) is 2. The summed E-state index contributed by atoms with van der Waals surface area (Å²) in [6, 6.07) is 18.6. The number of nitrogens with zero attached hydrogens (tertiary/aromatic N) is 1. The number of aryl methyl sites for hydroxylation is 2. The third-order valence-corrected chi connectivity index (χ3v) is 6.19. The smallest absolute Gasteiger partial charge is 0.266 e. The number of nitriles is 1. The van der Waals surface area contributed by atoms with Crippen LogP contribution in [0.1, 0.15) is 22.3 Å². The van der Waals surface area contributed by atoms with Crippen molar-refractivity contribution >= 4 is 51.9 Å². The van der Waals surface area contributed by atoms with Gasteiger partial charge in [-0.1, -0.05) is 35.9 Å². The molecule has 5 nitrogen and oxygen atoms in total. The second-order valence-corrected chi connectivity index (χ2v) is 8.91. The van der Waals surface area contributed by atoms with E-state index in [9.17, 15) is 10.1 Å². The zero-order valence-corrected chi connectivity index (χ0v) is 21.3. The molecule has 33 heavy (non-hydrogen) atoms. The van der Waals surface area contributed by atoms with Crippen LogP contribution in [-0.4, -0.2) is 13.0 Å². The van der Waals surface area contributed by atoms with Crippen LogP contribution in [-0.2, 0) is 11.4 Å². The highest BCUT2D eigenvalue weighted by Crippen LogP contribution is 2.35. The minimum atomic E-state index is -0.478. The van der Waals surface area contributed by atoms with Gasteiger partial charge in [-0.25, -0.2) is 0 Å². The number of benzene rings is 3. The molecule has 1 amide bonds. The molecular formula is C26H22ClIN2O3. The Kier molecular flexibility index (Phi) is 8.37. The molecule has 3 aromatic carbocycles. The highest BCUT2D eigenvalue weighted by Gasteiger charge is 2.15. The molecule has 7 heteroatoms. The van der Waals surface area contributed by atoms with Crippen molar-refractivity contribution in [3.05, 3.63) is 91.0 Å². The van der Waals surface area contributed by atoms with Crippen LogP contribution in [0.2, 0.25) is 5.02 Å². The molecule has 0 spiro atoms.